The molecule has 0 fully saturated rings. The van der Waals surface area contributed by atoms with Crippen molar-refractivity contribution >= 4 is 11.6 Å². The Balaban J connectivity index is 1.95. The fourth-order valence-corrected chi connectivity index (χ4v) is 1.75. The number of aromatic nitrogens is 2. The predicted octanol–water partition coefficient (Wildman–Crippen LogP) is 2.88. The van der Waals surface area contributed by atoms with Gasteiger partial charge in [0.05, 0.1) is 6.54 Å². The van der Waals surface area contributed by atoms with E-state index in [4.69, 9.17) is 16.1 Å². The Morgan fingerprint density at radius 1 is 1.47 bits per heavy atom. The summed E-state index contributed by atoms with van der Waals surface area (Å²) >= 11 is 5.94. The second-order valence-electron chi connectivity index (χ2n) is 3.89. The molecule has 0 saturated carbocycles. The molecule has 2 aromatic rings. The Bertz CT molecular complexity index is 498. The lowest BCUT2D eigenvalue weighted by Gasteiger charge is -2.12. The highest BCUT2D eigenvalue weighted by Crippen LogP contribution is 2.17. The van der Waals surface area contributed by atoms with Gasteiger partial charge in [-0.3, -0.25) is 0 Å². The van der Waals surface area contributed by atoms with E-state index in [1.54, 1.807) is 6.92 Å². The maximum absolute atomic E-state index is 5.94. The molecule has 4 nitrogen and oxygen atoms in total. The molecular weight excluding hydrogens is 238 g/mol. The minimum Gasteiger partial charge on any atom is -0.340 e. The molecule has 0 aliphatic rings. The molecule has 0 amide bonds. The van der Waals surface area contributed by atoms with Crippen LogP contribution in [0.2, 0.25) is 5.02 Å². The van der Waals surface area contributed by atoms with Gasteiger partial charge < -0.3 is 9.84 Å². The summed E-state index contributed by atoms with van der Waals surface area (Å²) in [6.45, 7) is 4.42. The largest absolute Gasteiger partial charge is 0.340 e. The van der Waals surface area contributed by atoms with Crippen LogP contribution in [0.3, 0.4) is 0 Å². The molecule has 17 heavy (non-hydrogen) atoms. The molecule has 0 radical (unpaired) electrons. The topological polar surface area (TPSA) is 51.0 Å². The van der Waals surface area contributed by atoms with Gasteiger partial charge in [-0.15, -0.1) is 0 Å². The molecule has 1 N–H and O–H groups in total. The average molecular weight is 252 g/mol. The normalized spacial score (nSPS) is 12.6. The van der Waals surface area contributed by atoms with Crippen molar-refractivity contribution in [3.05, 3.63) is 46.6 Å². The highest BCUT2D eigenvalue weighted by atomic mass is 35.5. The van der Waals surface area contributed by atoms with E-state index in [2.05, 4.69) is 22.4 Å². The fourth-order valence-electron chi connectivity index (χ4n) is 1.55. The number of hydrogen-bond acceptors (Lipinski definition) is 4. The summed E-state index contributed by atoms with van der Waals surface area (Å²) in [7, 11) is 0. The first-order chi connectivity index (χ1) is 8.15. The van der Waals surface area contributed by atoms with Gasteiger partial charge in [-0.2, -0.15) is 4.98 Å². The van der Waals surface area contributed by atoms with Crippen LogP contribution in [0.1, 0.15) is 30.2 Å². The van der Waals surface area contributed by atoms with Gasteiger partial charge in [-0.05, 0) is 24.6 Å². The molecule has 0 saturated heterocycles. The van der Waals surface area contributed by atoms with Crippen molar-refractivity contribution in [1.29, 1.82) is 0 Å². The smallest absolute Gasteiger partial charge is 0.223 e. The van der Waals surface area contributed by atoms with Gasteiger partial charge in [0.1, 0.15) is 0 Å². The SMILES string of the molecule is Cc1nc(CN[C@H](C)c2cccc(Cl)c2)no1. The van der Waals surface area contributed by atoms with E-state index in [-0.39, 0.29) is 6.04 Å². The maximum Gasteiger partial charge on any atom is 0.223 e. The van der Waals surface area contributed by atoms with Crippen LogP contribution in [0.4, 0.5) is 0 Å². The summed E-state index contributed by atoms with van der Waals surface area (Å²) in [5, 5.41) is 7.88. The van der Waals surface area contributed by atoms with Gasteiger partial charge in [0, 0.05) is 18.0 Å². The first-order valence-corrected chi connectivity index (χ1v) is 5.81. The van der Waals surface area contributed by atoms with E-state index in [0.29, 0.717) is 18.3 Å². The number of halogens is 1. The molecule has 1 aromatic heterocycles. The van der Waals surface area contributed by atoms with E-state index in [1.165, 1.54) is 0 Å². The van der Waals surface area contributed by atoms with Gasteiger partial charge in [-0.1, -0.05) is 28.9 Å². The van der Waals surface area contributed by atoms with E-state index in [9.17, 15) is 0 Å². The molecular formula is C12H14ClN3O. The van der Waals surface area contributed by atoms with Gasteiger partial charge in [-0.25, -0.2) is 0 Å². The summed E-state index contributed by atoms with van der Waals surface area (Å²) in [5.41, 5.74) is 1.14. The Morgan fingerprint density at radius 3 is 2.94 bits per heavy atom. The van der Waals surface area contributed by atoms with Crippen molar-refractivity contribution in [2.45, 2.75) is 26.4 Å². The number of hydrogen-bond donors (Lipinski definition) is 1. The summed E-state index contributed by atoms with van der Waals surface area (Å²) < 4.78 is 4.90. The molecule has 1 aromatic carbocycles. The number of nitrogens with zero attached hydrogens (tertiary/aromatic N) is 2. The molecule has 0 spiro atoms. The van der Waals surface area contributed by atoms with Crippen LogP contribution in [-0.2, 0) is 6.54 Å². The van der Waals surface area contributed by atoms with Gasteiger partial charge in [0.2, 0.25) is 5.89 Å². The third-order valence-corrected chi connectivity index (χ3v) is 2.72. The van der Waals surface area contributed by atoms with Crippen LogP contribution < -0.4 is 5.32 Å². The first kappa shape index (κ1) is 12.1. The van der Waals surface area contributed by atoms with Gasteiger partial charge in [0.15, 0.2) is 5.82 Å². The van der Waals surface area contributed by atoms with Crippen molar-refractivity contribution in [3.8, 4) is 0 Å². The van der Waals surface area contributed by atoms with Crippen LogP contribution in [0.25, 0.3) is 0 Å². The number of aryl methyl sites for hydroxylation is 1. The minimum absolute atomic E-state index is 0.188. The lowest BCUT2D eigenvalue weighted by Crippen LogP contribution is -2.18. The van der Waals surface area contributed by atoms with Crippen LogP contribution in [-0.4, -0.2) is 10.1 Å². The molecule has 0 bridgehead atoms. The Labute approximate surface area is 105 Å². The lowest BCUT2D eigenvalue weighted by atomic mass is 10.1. The number of benzene rings is 1. The highest BCUT2D eigenvalue weighted by Gasteiger charge is 2.07. The Hall–Kier alpha value is -1.39. The summed E-state index contributed by atoms with van der Waals surface area (Å²) in [5.74, 6) is 1.24. The molecule has 5 heteroatoms. The van der Waals surface area contributed by atoms with Crippen LogP contribution in [0, 0.1) is 6.92 Å². The van der Waals surface area contributed by atoms with E-state index in [0.717, 1.165) is 10.6 Å². The molecule has 0 unspecified atom stereocenters. The van der Waals surface area contributed by atoms with Crippen molar-refractivity contribution in [3.63, 3.8) is 0 Å². The highest BCUT2D eigenvalue weighted by molar-refractivity contribution is 6.30. The van der Waals surface area contributed by atoms with E-state index in [1.807, 2.05) is 24.3 Å². The van der Waals surface area contributed by atoms with Crippen molar-refractivity contribution in [2.75, 3.05) is 0 Å². The van der Waals surface area contributed by atoms with Gasteiger partial charge >= 0.3 is 0 Å². The standard InChI is InChI=1S/C12H14ClN3O/c1-8(10-4-3-5-11(13)6-10)14-7-12-15-9(2)17-16-12/h3-6,8,14H,7H2,1-2H3/t8-/m1/s1. The zero-order valence-electron chi connectivity index (χ0n) is 9.77. The van der Waals surface area contributed by atoms with Crippen LogP contribution in [0.5, 0.6) is 0 Å². The van der Waals surface area contributed by atoms with Gasteiger partial charge in [0.25, 0.3) is 0 Å². The average Bonchev–Trinajstić information content (AvgIpc) is 2.72. The molecule has 0 aliphatic heterocycles. The summed E-state index contributed by atoms with van der Waals surface area (Å²) in [6.07, 6.45) is 0. The second-order valence-corrected chi connectivity index (χ2v) is 4.32. The Morgan fingerprint density at radius 2 is 2.29 bits per heavy atom. The van der Waals surface area contributed by atoms with Crippen molar-refractivity contribution in [2.24, 2.45) is 0 Å². The van der Waals surface area contributed by atoms with E-state index < -0.39 is 0 Å². The van der Waals surface area contributed by atoms with Crippen LogP contribution >= 0.6 is 11.6 Å². The summed E-state index contributed by atoms with van der Waals surface area (Å²) in [4.78, 5) is 4.13. The van der Waals surface area contributed by atoms with Crippen molar-refractivity contribution in [1.82, 2.24) is 15.5 Å². The molecule has 2 rings (SSSR count). The summed E-state index contributed by atoms with van der Waals surface area (Å²) in [6, 6.07) is 7.97. The predicted molar refractivity (Wildman–Crippen MR) is 65.7 cm³/mol. The zero-order chi connectivity index (χ0) is 12.3. The quantitative estimate of drug-likeness (QED) is 0.908. The number of nitrogens with one attached hydrogen (secondary N) is 1. The number of rotatable bonds is 4. The minimum atomic E-state index is 0.188. The monoisotopic (exact) mass is 251 g/mol. The second kappa shape index (κ2) is 5.29. The zero-order valence-corrected chi connectivity index (χ0v) is 10.5. The van der Waals surface area contributed by atoms with E-state index >= 15 is 0 Å². The Kier molecular flexibility index (Phi) is 3.76. The van der Waals surface area contributed by atoms with Crippen molar-refractivity contribution < 1.29 is 4.52 Å². The third kappa shape index (κ3) is 3.28. The third-order valence-electron chi connectivity index (χ3n) is 2.48. The first-order valence-electron chi connectivity index (χ1n) is 5.43. The van der Waals surface area contributed by atoms with Crippen LogP contribution in [0.15, 0.2) is 28.8 Å². The fraction of sp³-hybridized carbons (Fsp3) is 0.333. The molecule has 90 valence electrons. The molecule has 1 heterocycles. The molecule has 1 atom stereocenters. The molecule has 0 aliphatic carbocycles. The maximum atomic E-state index is 5.94. The lowest BCUT2D eigenvalue weighted by molar-refractivity contribution is 0.384.